The van der Waals surface area contributed by atoms with Crippen LogP contribution in [-0.4, -0.2) is 79.8 Å². The van der Waals surface area contributed by atoms with Crippen molar-refractivity contribution >= 4 is 15.7 Å². The number of nitrogens with zero attached hydrogens (tertiary/aromatic N) is 4. The summed E-state index contributed by atoms with van der Waals surface area (Å²) in [5.74, 6) is 0. The lowest BCUT2D eigenvalue weighted by Gasteiger charge is -2.38. The number of benzene rings is 1. The standard InChI is InChI=1S/C18H28N4O4S/c1-15-17(22(23)24)7-5-8-18(15)27(25,26)21-9-4-3-6-16(14-21)20-12-10-19(2)11-13-20/h5,7-8,16H,3-4,6,9-14H2,1-2H3/t16-/m0/s1. The summed E-state index contributed by atoms with van der Waals surface area (Å²) in [4.78, 5) is 15.4. The molecule has 3 rings (SSSR count). The molecule has 0 bridgehead atoms. The molecule has 0 aromatic heterocycles. The molecule has 0 unspecified atom stereocenters. The Balaban J connectivity index is 1.85. The monoisotopic (exact) mass is 396 g/mol. The SMILES string of the molecule is Cc1c([N+](=O)[O-])cccc1S(=O)(=O)N1CCCC[C@H](N2CCN(C)CC2)C1. The molecule has 27 heavy (non-hydrogen) atoms. The fourth-order valence-electron chi connectivity index (χ4n) is 4.01. The Hall–Kier alpha value is -1.55. The van der Waals surface area contributed by atoms with Gasteiger partial charge in [-0.05, 0) is 32.9 Å². The lowest BCUT2D eigenvalue weighted by Crippen LogP contribution is -2.52. The molecule has 0 N–H and O–H groups in total. The number of likely N-dealkylation sites (N-methyl/N-ethyl adjacent to an activating group) is 1. The van der Waals surface area contributed by atoms with Gasteiger partial charge in [0.25, 0.3) is 5.69 Å². The third-order valence-corrected chi connectivity index (χ3v) is 7.74. The van der Waals surface area contributed by atoms with Crippen LogP contribution in [0.15, 0.2) is 23.1 Å². The highest BCUT2D eigenvalue weighted by Gasteiger charge is 2.34. The van der Waals surface area contributed by atoms with Crippen LogP contribution < -0.4 is 0 Å². The zero-order chi connectivity index (χ0) is 19.6. The first-order valence-electron chi connectivity index (χ1n) is 9.47. The first kappa shape index (κ1) is 20.2. The van der Waals surface area contributed by atoms with E-state index in [1.54, 1.807) is 0 Å². The average molecular weight is 397 g/mol. The van der Waals surface area contributed by atoms with E-state index in [0.717, 1.165) is 45.4 Å². The molecule has 2 heterocycles. The number of nitro benzene ring substituents is 1. The second-order valence-electron chi connectivity index (χ2n) is 7.51. The Labute approximate surface area is 160 Å². The lowest BCUT2D eigenvalue weighted by atomic mass is 10.1. The van der Waals surface area contributed by atoms with Crippen molar-refractivity contribution in [3.63, 3.8) is 0 Å². The van der Waals surface area contributed by atoms with Crippen molar-refractivity contribution in [1.82, 2.24) is 14.1 Å². The van der Waals surface area contributed by atoms with Crippen LogP contribution in [-0.2, 0) is 10.0 Å². The summed E-state index contributed by atoms with van der Waals surface area (Å²) in [5.41, 5.74) is 0.0596. The molecular weight excluding hydrogens is 368 g/mol. The summed E-state index contributed by atoms with van der Waals surface area (Å²) in [5, 5.41) is 11.2. The first-order valence-corrected chi connectivity index (χ1v) is 10.9. The van der Waals surface area contributed by atoms with Gasteiger partial charge in [0.05, 0.1) is 9.82 Å². The molecule has 0 saturated carbocycles. The van der Waals surface area contributed by atoms with E-state index in [9.17, 15) is 18.5 Å². The van der Waals surface area contributed by atoms with Crippen LogP contribution in [0.2, 0.25) is 0 Å². The molecule has 1 atom stereocenters. The summed E-state index contributed by atoms with van der Waals surface area (Å²) in [6, 6.07) is 4.49. The minimum Gasteiger partial charge on any atom is -0.304 e. The Morgan fingerprint density at radius 3 is 2.48 bits per heavy atom. The molecule has 2 aliphatic heterocycles. The third-order valence-electron chi connectivity index (χ3n) is 5.73. The van der Waals surface area contributed by atoms with Crippen LogP contribution in [0.4, 0.5) is 5.69 Å². The zero-order valence-electron chi connectivity index (χ0n) is 16.0. The van der Waals surface area contributed by atoms with Gasteiger partial charge in [0.1, 0.15) is 0 Å². The molecule has 0 radical (unpaired) electrons. The van der Waals surface area contributed by atoms with Crippen LogP contribution in [0.1, 0.15) is 24.8 Å². The lowest BCUT2D eigenvalue weighted by molar-refractivity contribution is -0.385. The number of hydrogen-bond donors (Lipinski definition) is 0. The van der Waals surface area contributed by atoms with Crippen molar-refractivity contribution < 1.29 is 13.3 Å². The number of rotatable bonds is 4. The molecule has 0 spiro atoms. The Morgan fingerprint density at radius 2 is 1.81 bits per heavy atom. The fourth-order valence-corrected chi connectivity index (χ4v) is 5.77. The van der Waals surface area contributed by atoms with E-state index in [-0.39, 0.29) is 22.2 Å². The molecule has 1 aromatic rings. The Kier molecular flexibility index (Phi) is 6.15. The highest BCUT2D eigenvalue weighted by molar-refractivity contribution is 7.89. The molecule has 0 aliphatic carbocycles. The van der Waals surface area contributed by atoms with Gasteiger partial charge in [-0.25, -0.2) is 8.42 Å². The van der Waals surface area contributed by atoms with E-state index >= 15 is 0 Å². The predicted octanol–water partition coefficient (Wildman–Crippen LogP) is 1.69. The average Bonchev–Trinajstić information content (AvgIpc) is 2.89. The van der Waals surface area contributed by atoms with Crippen molar-refractivity contribution in [2.45, 2.75) is 37.1 Å². The van der Waals surface area contributed by atoms with Crippen molar-refractivity contribution in [2.24, 2.45) is 0 Å². The fraction of sp³-hybridized carbons (Fsp3) is 0.667. The van der Waals surface area contributed by atoms with Gasteiger partial charge in [-0.15, -0.1) is 0 Å². The van der Waals surface area contributed by atoms with Crippen molar-refractivity contribution in [2.75, 3.05) is 46.3 Å². The van der Waals surface area contributed by atoms with E-state index < -0.39 is 14.9 Å². The number of piperazine rings is 1. The van der Waals surface area contributed by atoms with Gasteiger partial charge in [-0.1, -0.05) is 12.5 Å². The van der Waals surface area contributed by atoms with E-state index in [4.69, 9.17) is 0 Å². The molecule has 9 heteroatoms. The molecule has 150 valence electrons. The highest BCUT2D eigenvalue weighted by atomic mass is 32.2. The minimum absolute atomic E-state index is 0.0516. The van der Waals surface area contributed by atoms with Crippen LogP contribution >= 0.6 is 0 Å². The summed E-state index contributed by atoms with van der Waals surface area (Å²) < 4.78 is 28.1. The minimum atomic E-state index is -3.76. The zero-order valence-corrected chi connectivity index (χ0v) is 16.8. The second-order valence-corrected chi connectivity index (χ2v) is 9.42. The maximum atomic E-state index is 13.3. The summed E-state index contributed by atoms with van der Waals surface area (Å²) >= 11 is 0. The maximum Gasteiger partial charge on any atom is 0.273 e. The first-order chi connectivity index (χ1) is 12.8. The third kappa shape index (κ3) is 4.31. The number of sulfonamides is 1. The van der Waals surface area contributed by atoms with Crippen molar-refractivity contribution in [3.05, 3.63) is 33.9 Å². The predicted molar refractivity (Wildman–Crippen MR) is 103 cm³/mol. The topological polar surface area (TPSA) is 87.0 Å². The van der Waals surface area contributed by atoms with Crippen LogP contribution in [0, 0.1) is 17.0 Å². The van der Waals surface area contributed by atoms with Gasteiger partial charge in [0, 0.05) is 56.9 Å². The van der Waals surface area contributed by atoms with Crippen LogP contribution in [0.25, 0.3) is 0 Å². The summed E-state index contributed by atoms with van der Waals surface area (Å²) in [6.45, 7) is 6.32. The van der Waals surface area contributed by atoms with Gasteiger partial charge < -0.3 is 4.90 Å². The maximum absolute atomic E-state index is 13.3. The highest BCUT2D eigenvalue weighted by Crippen LogP contribution is 2.29. The van der Waals surface area contributed by atoms with Gasteiger partial charge in [0.15, 0.2) is 0 Å². The van der Waals surface area contributed by atoms with E-state index in [1.165, 1.54) is 29.4 Å². The van der Waals surface area contributed by atoms with Gasteiger partial charge in [0.2, 0.25) is 10.0 Å². The Bertz CT molecular complexity index is 791. The normalized spacial score (nSPS) is 23.9. The largest absolute Gasteiger partial charge is 0.304 e. The smallest absolute Gasteiger partial charge is 0.273 e. The molecule has 2 saturated heterocycles. The molecule has 2 fully saturated rings. The number of nitro groups is 1. The summed E-state index contributed by atoms with van der Waals surface area (Å²) in [6.07, 6.45) is 2.80. The van der Waals surface area contributed by atoms with Gasteiger partial charge in [-0.2, -0.15) is 4.31 Å². The van der Waals surface area contributed by atoms with Crippen LogP contribution in [0.5, 0.6) is 0 Å². The van der Waals surface area contributed by atoms with Gasteiger partial charge in [-0.3, -0.25) is 15.0 Å². The van der Waals surface area contributed by atoms with E-state index in [1.807, 2.05) is 0 Å². The van der Waals surface area contributed by atoms with Crippen molar-refractivity contribution in [3.8, 4) is 0 Å². The van der Waals surface area contributed by atoms with E-state index in [2.05, 4.69) is 16.8 Å². The molecule has 2 aliphatic rings. The number of hydrogen-bond acceptors (Lipinski definition) is 6. The van der Waals surface area contributed by atoms with Gasteiger partial charge >= 0.3 is 0 Å². The molecule has 1 aromatic carbocycles. The molecule has 8 nitrogen and oxygen atoms in total. The van der Waals surface area contributed by atoms with Crippen molar-refractivity contribution in [1.29, 1.82) is 0 Å². The van der Waals surface area contributed by atoms with Crippen LogP contribution in [0.3, 0.4) is 0 Å². The van der Waals surface area contributed by atoms with E-state index in [0.29, 0.717) is 13.1 Å². The molecule has 0 amide bonds. The Morgan fingerprint density at radius 1 is 1.11 bits per heavy atom. The summed E-state index contributed by atoms with van der Waals surface area (Å²) in [7, 11) is -1.66. The second kappa shape index (κ2) is 8.22. The molecular formula is C18H28N4O4S. The quantitative estimate of drug-likeness (QED) is 0.569.